The van der Waals surface area contributed by atoms with E-state index < -0.39 is 5.54 Å². The van der Waals surface area contributed by atoms with E-state index in [1.54, 1.807) is 0 Å². The van der Waals surface area contributed by atoms with Crippen molar-refractivity contribution in [3.05, 3.63) is 0 Å². The molecule has 1 aliphatic carbocycles. The summed E-state index contributed by atoms with van der Waals surface area (Å²) in [6, 6.07) is 0. The molecule has 2 unspecified atom stereocenters. The summed E-state index contributed by atoms with van der Waals surface area (Å²) >= 11 is 0. The molecule has 0 aliphatic heterocycles. The highest BCUT2D eigenvalue weighted by atomic mass is 16.5. The van der Waals surface area contributed by atoms with E-state index in [1.165, 1.54) is 6.42 Å². The first-order chi connectivity index (χ1) is 9.41. The Morgan fingerprint density at radius 1 is 1.45 bits per heavy atom. The molecule has 0 bridgehead atoms. The molecule has 0 heterocycles. The number of nitrogens with one attached hydrogen (secondary N) is 1. The summed E-state index contributed by atoms with van der Waals surface area (Å²) in [4.78, 5) is 14.6. The normalized spacial score (nSPS) is 27.1. The lowest BCUT2D eigenvalue weighted by Crippen LogP contribution is -2.57. The van der Waals surface area contributed by atoms with Gasteiger partial charge in [0.15, 0.2) is 0 Å². The van der Waals surface area contributed by atoms with Gasteiger partial charge in [-0.1, -0.05) is 26.7 Å². The summed E-state index contributed by atoms with van der Waals surface area (Å²) in [5, 5.41) is 3.52. The number of carbonyl (C=O) groups is 1. The minimum absolute atomic E-state index is 0.0518. The Morgan fingerprint density at radius 3 is 2.70 bits per heavy atom. The van der Waals surface area contributed by atoms with E-state index in [9.17, 15) is 4.79 Å². The molecule has 1 fully saturated rings. The molecule has 0 spiro atoms. The fraction of sp³-hybridized carbons (Fsp3) is 0.938. The SMILES string of the molecule is CCOC(=O)C1(NCCN(C)C)CCCC(C(C)C)C1. The van der Waals surface area contributed by atoms with Gasteiger partial charge in [0.2, 0.25) is 0 Å². The largest absolute Gasteiger partial charge is 0.465 e. The number of carbonyl (C=O) groups excluding carboxylic acids is 1. The maximum Gasteiger partial charge on any atom is 0.326 e. The number of esters is 1. The van der Waals surface area contributed by atoms with Crippen LogP contribution in [0.5, 0.6) is 0 Å². The molecule has 1 saturated carbocycles. The Kier molecular flexibility index (Phi) is 6.96. The first-order valence-corrected chi connectivity index (χ1v) is 7.98. The van der Waals surface area contributed by atoms with Crippen LogP contribution in [0.15, 0.2) is 0 Å². The summed E-state index contributed by atoms with van der Waals surface area (Å²) in [5.41, 5.74) is -0.459. The standard InChI is InChI=1S/C16H32N2O2/c1-6-20-15(19)16(17-10-11-18(4)5)9-7-8-14(12-16)13(2)3/h13-14,17H,6-12H2,1-5H3. The second kappa shape index (κ2) is 7.99. The lowest BCUT2D eigenvalue weighted by atomic mass is 9.71. The third-order valence-electron chi connectivity index (χ3n) is 4.42. The van der Waals surface area contributed by atoms with Crippen molar-refractivity contribution in [2.24, 2.45) is 11.8 Å². The summed E-state index contributed by atoms with van der Waals surface area (Å²) in [6.07, 6.45) is 4.16. The number of likely N-dealkylation sites (N-methyl/N-ethyl adjacent to an activating group) is 1. The van der Waals surface area contributed by atoms with Gasteiger partial charge < -0.3 is 15.0 Å². The van der Waals surface area contributed by atoms with E-state index in [4.69, 9.17) is 4.74 Å². The van der Waals surface area contributed by atoms with Crippen molar-refractivity contribution in [3.63, 3.8) is 0 Å². The average Bonchev–Trinajstić information content (AvgIpc) is 2.38. The molecule has 1 aliphatic rings. The van der Waals surface area contributed by atoms with Gasteiger partial charge in [-0.25, -0.2) is 0 Å². The van der Waals surface area contributed by atoms with Gasteiger partial charge in [-0.3, -0.25) is 4.79 Å². The monoisotopic (exact) mass is 284 g/mol. The van der Waals surface area contributed by atoms with Gasteiger partial charge in [0, 0.05) is 13.1 Å². The van der Waals surface area contributed by atoms with Gasteiger partial charge in [0.05, 0.1) is 6.61 Å². The molecule has 0 saturated heterocycles. The van der Waals surface area contributed by atoms with Gasteiger partial charge in [0.25, 0.3) is 0 Å². The minimum Gasteiger partial charge on any atom is -0.465 e. The molecule has 1 N–H and O–H groups in total. The molecule has 0 aromatic carbocycles. The molecule has 4 heteroatoms. The highest BCUT2D eigenvalue weighted by molar-refractivity contribution is 5.81. The lowest BCUT2D eigenvalue weighted by molar-refractivity contribution is -0.154. The van der Waals surface area contributed by atoms with Crippen LogP contribution >= 0.6 is 0 Å². The first kappa shape index (κ1) is 17.4. The molecule has 1 rings (SSSR count). The second-order valence-electron chi connectivity index (χ2n) is 6.63. The number of hydrogen-bond donors (Lipinski definition) is 1. The highest BCUT2D eigenvalue weighted by Crippen LogP contribution is 2.37. The van der Waals surface area contributed by atoms with Gasteiger partial charge >= 0.3 is 5.97 Å². The number of rotatable bonds is 7. The van der Waals surface area contributed by atoms with Crippen LogP contribution in [0.25, 0.3) is 0 Å². The Labute approximate surface area is 124 Å². The topological polar surface area (TPSA) is 41.6 Å². The Bertz CT molecular complexity index is 305. The second-order valence-corrected chi connectivity index (χ2v) is 6.63. The fourth-order valence-corrected chi connectivity index (χ4v) is 3.09. The van der Waals surface area contributed by atoms with Crippen LogP contribution < -0.4 is 5.32 Å². The number of nitrogens with zero attached hydrogens (tertiary/aromatic N) is 1. The van der Waals surface area contributed by atoms with E-state index in [-0.39, 0.29) is 5.97 Å². The summed E-state index contributed by atoms with van der Waals surface area (Å²) in [6.45, 7) is 8.62. The van der Waals surface area contributed by atoms with Gasteiger partial charge in [0.1, 0.15) is 5.54 Å². The van der Waals surface area contributed by atoms with Crippen molar-refractivity contribution >= 4 is 5.97 Å². The average molecular weight is 284 g/mol. The van der Waals surface area contributed by atoms with E-state index in [0.717, 1.165) is 32.4 Å². The molecule has 0 amide bonds. The van der Waals surface area contributed by atoms with Crippen LogP contribution in [0, 0.1) is 11.8 Å². The molecule has 2 atom stereocenters. The smallest absolute Gasteiger partial charge is 0.326 e. The Morgan fingerprint density at radius 2 is 2.15 bits per heavy atom. The molecule has 0 radical (unpaired) electrons. The van der Waals surface area contributed by atoms with Crippen LogP contribution in [0.3, 0.4) is 0 Å². The van der Waals surface area contributed by atoms with Crippen molar-refractivity contribution in [2.75, 3.05) is 33.8 Å². The van der Waals surface area contributed by atoms with Crippen molar-refractivity contribution in [2.45, 2.75) is 52.0 Å². The van der Waals surface area contributed by atoms with Gasteiger partial charge in [-0.2, -0.15) is 0 Å². The van der Waals surface area contributed by atoms with E-state index in [2.05, 4.69) is 38.2 Å². The van der Waals surface area contributed by atoms with E-state index >= 15 is 0 Å². The first-order valence-electron chi connectivity index (χ1n) is 7.98. The quantitative estimate of drug-likeness (QED) is 0.728. The van der Waals surface area contributed by atoms with Crippen molar-refractivity contribution in [1.82, 2.24) is 10.2 Å². The molecule has 4 nitrogen and oxygen atoms in total. The Hall–Kier alpha value is -0.610. The predicted octanol–water partition coefficient (Wildman–Crippen LogP) is 2.29. The van der Waals surface area contributed by atoms with Crippen molar-refractivity contribution < 1.29 is 9.53 Å². The number of ether oxygens (including phenoxy) is 1. The van der Waals surface area contributed by atoms with Crippen molar-refractivity contribution in [1.29, 1.82) is 0 Å². The third-order valence-corrected chi connectivity index (χ3v) is 4.42. The predicted molar refractivity (Wildman–Crippen MR) is 82.7 cm³/mol. The Balaban J connectivity index is 2.75. The van der Waals surface area contributed by atoms with Gasteiger partial charge in [-0.15, -0.1) is 0 Å². The highest BCUT2D eigenvalue weighted by Gasteiger charge is 2.44. The van der Waals surface area contributed by atoms with Crippen LogP contribution in [0.1, 0.15) is 46.5 Å². The molecule has 0 aromatic heterocycles. The van der Waals surface area contributed by atoms with Crippen LogP contribution in [0.2, 0.25) is 0 Å². The summed E-state index contributed by atoms with van der Waals surface area (Å²) in [7, 11) is 4.10. The molecule has 20 heavy (non-hydrogen) atoms. The zero-order valence-electron chi connectivity index (χ0n) is 13.9. The summed E-state index contributed by atoms with van der Waals surface area (Å²) < 4.78 is 5.36. The van der Waals surface area contributed by atoms with Crippen LogP contribution in [0.4, 0.5) is 0 Å². The zero-order chi connectivity index (χ0) is 15.2. The van der Waals surface area contributed by atoms with Crippen molar-refractivity contribution in [3.8, 4) is 0 Å². The fourth-order valence-electron chi connectivity index (χ4n) is 3.09. The molecule has 0 aromatic rings. The number of hydrogen-bond acceptors (Lipinski definition) is 4. The van der Waals surface area contributed by atoms with E-state index in [1.807, 2.05) is 6.92 Å². The molecular weight excluding hydrogens is 252 g/mol. The maximum atomic E-state index is 12.5. The zero-order valence-corrected chi connectivity index (χ0v) is 13.9. The third kappa shape index (κ3) is 4.74. The van der Waals surface area contributed by atoms with E-state index in [0.29, 0.717) is 18.4 Å². The molecular formula is C16H32N2O2. The van der Waals surface area contributed by atoms with Crippen LogP contribution in [-0.4, -0.2) is 50.2 Å². The van der Waals surface area contributed by atoms with Gasteiger partial charge in [-0.05, 0) is 45.7 Å². The lowest BCUT2D eigenvalue weighted by Gasteiger charge is -2.41. The minimum atomic E-state index is -0.459. The van der Waals surface area contributed by atoms with Crippen LogP contribution in [-0.2, 0) is 9.53 Å². The maximum absolute atomic E-state index is 12.5. The summed E-state index contributed by atoms with van der Waals surface area (Å²) in [5.74, 6) is 1.18. The molecule has 118 valence electrons.